The second-order valence-corrected chi connectivity index (χ2v) is 18.2. The maximum absolute atomic E-state index is 3.02. The molecule has 7 rings (SSSR count). The topological polar surface area (TPSA) is 0 Å². The predicted octanol–water partition coefficient (Wildman–Crippen LogP) is 7.10. The van der Waals surface area contributed by atoms with Crippen LogP contribution >= 0.6 is 7.26 Å². The van der Waals surface area contributed by atoms with Gasteiger partial charge >= 0.3 is 163 Å². The van der Waals surface area contributed by atoms with Gasteiger partial charge in [-0.2, -0.15) is 0 Å². The van der Waals surface area contributed by atoms with E-state index >= 15 is 0 Å². The molecule has 148 valence electrons. The Morgan fingerprint density at radius 2 is 1.46 bits per heavy atom. The molecule has 0 N–H and O–H groups in total. The van der Waals surface area contributed by atoms with E-state index in [9.17, 15) is 0 Å². The van der Waals surface area contributed by atoms with Crippen molar-refractivity contribution in [2.24, 2.45) is 35.0 Å². The van der Waals surface area contributed by atoms with Crippen LogP contribution in [0.15, 0.2) is 0 Å². The molecule has 0 aliphatic heterocycles. The molecule has 0 heterocycles. The van der Waals surface area contributed by atoms with Crippen LogP contribution in [0.1, 0.15) is 97.3 Å². The third kappa shape index (κ3) is 1.97. The van der Waals surface area contributed by atoms with Gasteiger partial charge in [0.2, 0.25) is 0 Å². The Morgan fingerprint density at radius 1 is 0.808 bits per heavy atom. The van der Waals surface area contributed by atoms with E-state index in [0.717, 1.165) is 45.3 Å². The first-order chi connectivity index (χ1) is 12.4. The third-order valence-corrected chi connectivity index (χ3v) is 18.9. The van der Waals surface area contributed by atoms with Gasteiger partial charge in [0, 0.05) is 0 Å². The van der Waals surface area contributed by atoms with E-state index in [2.05, 4.69) is 20.5 Å². The van der Waals surface area contributed by atoms with Crippen LogP contribution in [-0.2, 0) is 0 Å². The van der Waals surface area contributed by atoms with Crippen molar-refractivity contribution in [2.75, 3.05) is 12.8 Å². The van der Waals surface area contributed by atoms with Gasteiger partial charge in [0.05, 0.1) is 0 Å². The molecule has 0 amide bonds. The van der Waals surface area contributed by atoms with E-state index in [4.69, 9.17) is 0 Å². The summed E-state index contributed by atoms with van der Waals surface area (Å²) in [5, 5.41) is 1.80. The summed E-state index contributed by atoms with van der Waals surface area (Å²) >= 11 is 0. The summed E-state index contributed by atoms with van der Waals surface area (Å²) in [5.74, 6) is 5.63. The van der Waals surface area contributed by atoms with E-state index in [0.29, 0.717) is 0 Å². The van der Waals surface area contributed by atoms with E-state index < -0.39 is 7.26 Å². The minimum atomic E-state index is -1.26. The molecule has 4 atom stereocenters. The summed E-state index contributed by atoms with van der Waals surface area (Å²) in [6, 6.07) is 0. The Bertz CT molecular complexity index is 574. The molecule has 0 saturated heterocycles. The van der Waals surface area contributed by atoms with Gasteiger partial charge in [-0.1, -0.05) is 0 Å². The molecule has 0 radical (unpaired) electrons. The van der Waals surface area contributed by atoms with Crippen LogP contribution in [0.25, 0.3) is 0 Å². The molecule has 7 aliphatic rings. The first-order valence-corrected chi connectivity index (χ1v) is 15.1. The van der Waals surface area contributed by atoms with E-state index in [-0.39, 0.29) is 0 Å². The number of fused-ring (bicyclic) bond motifs is 1. The molecule has 0 aromatic carbocycles. The van der Waals surface area contributed by atoms with Crippen molar-refractivity contribution in [1.29, 1.82) is 0 Å². The van der Waals surface area contributed by atoms with E-state index in [1.165, 1.54) is 6.42 Å². The van der Waals surface area contributed by atoms with Crippen molar-refractivity contribution in [3.63, 3.8) is 0 Å². The van der Waals surface area contributed by atoms with Crippen LogP contribution in [0.5, 0.6) is 0 Å². The van der Waals surface area contributed by atoms with Gasteiger partial charge in [0.15, 0.2) is 0 Å². The first-order valence-electron chi connectivity index (χ1n) is 12.4. The summed E-state index contributed by atoms with van der Waals surface area (Å²) in [7, 11) is -1.26. The van der Waals surface area contributed by atoms with Crippen molar-refractivity contribution in [3.8, 4) is 0 Å². The minimum absolute atomic E-state index is 0.868. The number of hydrogen-bond donors (Lipinski definition) is 0. The van der Waals surface area contributed by atoms with Gasteiger partial charge < -0.3 is 0 Å². The fraction of sp³-hybridized carbons (Fsp3) is 1.00. The molecule has 7 saturated carbocycles. The molecule has 7 aliphatic carbocycles. The molecule has 4 unspecified atom stereocenters. The summed E-state index contributed by atoms with van der Waals surface area (Å²) in [4.78, 5) is 0. The normalized spacial score (nSPS) is 57.3. The first kappa shape index (κ1) is 17.3. The van der Waals surface area contributed by atoms with Gasteiger partial charge in [-0.05, 0) is 0 Å². The van der Waals surface area contributed by atoms with Crippen LogP contribution < -0.4 is 0 Å². The van der Waals surface area contributed by atoms with E-state index in [1.807, 2.05) is 0 Å². The average Bonchev–Trinajstić information content (AvgIpc) is 3.08. The fourth-order valence-corrected chi connectivity index (χ4v) is 19.5. The molecular weight excluding hydrogens is 331 g/mol. The molecule has 0 nitrogen and oxygen atoms in total. The number of hydrogen-bond acceptors (Lipinski definition) is 0. The zero-order valence-corrected chi connectivity index (χ0v) is 18.8. The Hall–Kier alpha value is 0.430. The zero-order valence-electron chi connectivity index (χ0n) is 17.8. The van der Waals surface area contributed by atoms with Crippen LogP contribution in [-0.4, -0.2) is 23.1 Å². The molecule has 26 heavy (non-hydrogen) atoms. The summed E-state index contributed by atoms with van der Waals surface area (Å²) in [5.41, 5.74) is 0.868. The Labute approximate surface area is 163 Å². The van der Waals surface area contributed by atoms with Crippen LogP contribution in [0.2, 0.25) is 0 Å². The average molecular weight is 375 g/mol. The summed E-state index contributed by atoms with van der Waals surface area (Å²) < 4.78 is 0. The maximum atomic E-state index is 3.02. The summed E-state index contributed by atoms with van der Waals surface area (Å²) in [6.07, 6.45) is 23.0. The van der Waals surface area contributed by atoms with Crippen molar-refractivity contribution in [3.05, 3.63) is 0 Å². The number of rotatable bonds is 5. The monoisotopic (exact) mass is 374 g/mol. The second-order valence-electron chi connectivity index (χ2n) is 13.0. The third-order valence-electron chi connectivity index (χ3n) is 11.6. The molecule has 6 bridgehead atoms. The summed E-state index contributed by atoms with van der Waals surface area (Å²) in [6.45, 7) is 8.08. The SMILES string of the molecule is CCCC[PH](C)(C12CC3CC(CC(C3)C1)C2)C12CC3CC(C)CC1(C3)C2. The second kappa shape index (κ2) is 5.32. The molecule has 0 aromatic rings. The van der Waals surface area contributed by atoms with E-state index in [1.54, 1.807) is 83.2 Å². The molecule has 7 fully saturated rings. The standard InChI is InChI=1S/C25H43P/c1-4-5-6-26(3,24-13-19-8-20(14-24)10-21(9-19)15-24)25-16-22-7-18(2)11-23(25,12-22)17-25/h18-22,26H,4-17H2,1-3H3. The van der Waals surface area contributed by atoms with Gasteiger partial charge in [-0.3, -0.25) is 0 Å². The van der Waals surface area contributed by atoms with Crippen LogP contribution in [0.4, 0.5) is 0 Å². The zero-order chi connectivity index (χ0) is 17.8. The predicted molar refractivity (Wildman–Crippen MR) is 116 cm³/mol. The quantitative estimate of drug-likeness (QED) is 0.450. The van der Waals surface area contributed by atoms with Crippen LogP contribution in [0, 0.1) is 35.0 Å². The number of unbranched alkanes of at least 4 members (excludes halogenated alkanes) is 1. The van der Waals surface area contributed by atoms with Gasteiger partial charge in [0.1, 0.15) is 0 Å². The van der Waals surface area contributed by atoms with Crippen molar-refractivity contribution in [1.82, 2.24) is 0 Å². The van der Waals surface area contributed by atoms with Crippen molar-refractivity contribution >= 4 is 7.26 Å². The van der Waals surface area contributed by atoms with Gasteiger partial charge in [-0.25, -0.2) is 0 Å². The fourth-order valence-electron chi connectivity index (χ4n) is 11.4. The molecule has 1 spiro atoms. The Kier molecular flexibility index (Phi) is 3.54. The van der Waals surface area contributed by atoms with Gasteiger partial charge in [-0.15, -0.1) is 0 Å². The Morgan fingerprint density at radius 3 is 2.08 bits per heavy atom. The van der Waals surface area contributed by atoms with Crippen molar-refractivity contribution < 1.29 is 0 Å². The molecule has 0 aromatic heterocycles. The molecule has 1 heteroatoms. The van der Waals surface area contributed by atoms with Crippen LogP contribution in [0.3, 0.4) is 0 Å². The Balaban J connectivity index is 1.42. The molecular formula is C25H43P. The van der Waals surface area contributed by atoms with Gasteiger partial charge in [0.25, 0.3) is 0 Å². The van der Waals surface area contributed by atoms with Crippen molar-refractivity contribution in [2.45, 2.75) is 108 Å².